The second kappa shape index (κ2) is 4.34. The average Bonchev–Trinajstić information content (AvgIpc) is 2.92. The van der Waals surface area contributed by atoms with E-state index in [1.165, 1.54) is 5.56 Å². The summed E-state index contributed by atoms with van der Waals surface area (Å²) in [6.07, 6.45) is 0. The van der Waals surface area contributed by atoms with Crippen molar-refractivity contribution in [1.29, 1.82) is 0 Å². The number of aryl methyl sites for hydroxylation is 1. The second-order valence-corrected chi connectivity index (χ2v) is 5.40. The van der Waals surface area contributed by atoms with E-state index in [-0.39, 0.29) is 0 Å². The number of aromatic nitrogens is 4. The zero-order chi connectivity index (χ0) is 11.8. The van der Waals surface area contributed by atoms with Gasteiger partial charge >= 0.3 is 0 Å². The molecule has 3 rings (SSSR count). The normalized spacial score (nSPS) is 11.2. The summed E-state index contributed by atoms with van der Waals surface area (Å²) >= 11 is 3.92. The van der Waals surface area contributed by atoms with Gasteiger partial charge in [-0.3, -0.25) is 0 Å². The number of benzene rings is 1. The molecule has 6 heteroatoms. The average molecular weight is 356 g/mol. The number of halogens is 1. The monoisotopic (exact) mass is 356 g/mol. The van der Waals surface area contributed by atoms with Gasteiger partial charge in [0.05, 0.1) is 0 Å². The molecule has 17 heavy (non-hydrogen) atoms. The lowest BCUT2D eigenvalue weighted by molar-refractivity contribution is 0.898. The van der Waals surface area contributed by atoms with E-state index < -0.39 is 0 Å². The Morgan fingerprint density at radius 1 is 1.24 bits per heavy atom. The molecular weight excluding hydrogens is 347 g/mol. The highest BCUT2D eigenvalue weighted by Gasteiger charge is 2.09. The molecule has 1 aromatic carbocycles. The van der Waals surface area contributed by atoms with Crippen LogP contribution in [-0.4, -0.2) is 19.8 Å². The van der Waals surface area contributed by atoms with E-state index in [0.717, 1.165) is 25.8 Å². The van der Waals surface area contributed by atoms with Crippen molar-refractivity contribution in [2.24, 2.45) is 0 Å². The Bertz CT molecular complexity index is 656. The van der Waals surface area contributed by atoms with Crippen molar-refractivity contribution in [3.8, 4) is 10.6 Å². The van der Waals surface area contributed by atoms with Gasteiger partial charge in [-0.1, -0.05) is 58.2 Å². The molecule has 0 bridgehead atoms. The standard InChI is InChI=1S/C11H9IN4S/c1-7-13-14-11-16(7)15-10(17-11)9-4-2-8(6-12)3-5-9/h2-5H,6H2,1H3. The molecule has 2 heterocycles. The fourth-order valence-corrected chi connectivity index (χ4v) is 2.97. The zero-order valence-corrected chi connectivity index (χ0v) is 12.1. The predicted molar refractivity (Wildman–Crippen MR) is 76.6 cm³/mol. The van der Waals surface area contributed by atoms with Crippen LogP contribution in [0.15, 0.2) is 24.3 Å². The molecule has 0 amide bonds. The highest BCUT2D eigenvalue weighted by molar-refractivity contribution is 14.1. The van der Waals surface area contributed by atoms with E-state index in [1.807, 2.05) is 6.92 Å². The van der Waals surface area contributed by atoms with Gasteiger partial charge in [-0.15, -0.1) is 10.2 Å². The zero-order valence-electron chi connectivity index (χ0n) is 9.09. The molecule has 0 N–H and O–H groups in total. The lowest BCUT2D eigenvalue weighted by Crippen LogP contribution is -1.88. The van der Waals surface area contributed by atoms with E-state index in [0.29, 0.717) is 0 Å². The van der Waals surface area contributed by atoms with Gasteiger partial charge in [0.15, 0.2) is 5.82 Å². The lowest BCUT2D eigenvalue weighted by Gasteiger charge is -1.97. The van der Waals surface area contributed by atoms with E-state index >= 15 is 0 Å². The predicted octanol–water partition coefficient (Wildman–Crippen LogP) is 3.10. The first-order chi connectivity index (χ1) is 8.28. The minimum absolute atomic E-state index is 0.825. The number of hydrogen-bond donors (Lipinski definition) is 0. The van der Waals surface area contributed by atoms with Crippen LogP contribution in [0.2, 0.25) is 0 Å². The second-order valence-electron chi connectivity index (χ2n) is 3.68. The number of hydrogen-bond acceptors (Lipinski definition) is 4. The van der Waals surface area contributed by atoms with E-state index in [2.05, 4.69) is 62.2 Å². The van der Waals surface area contributed by atoms with Crippen LogP contribution in [0.1, 0.15) is 11.4 Å². The molecule has 86 valence electrons. The Labute approximate surface area is 116 Å². The number of fused-ring (bicyclic) bond motifs is 1. The van der Waals surface area contributed by atoms with E-state index in [1.54, 1.807) is 15.9 Å². The number of alkyl halides is 1. The molecule has 0 saturated heterocycles. The SMILES string of the molecule is Cc1nnc2sc(-c3ccc(CI)cc3)nn12. The van der Waals surface area contributed by atoms with E-state index in [9.17, 15) is 0 Å². The summed E-state index contributed by atoms with van der Waals surface area (Å²) in [5.74, 6) is 0.825. The fraction of sp³-hybridized carbons (Fsp3) is 0.182. The molecular formula is C11H9IN4S. The van der Waals surface area contributed by atoms with Crippen molar-refractivity contribution in [2.45, 2.75) is 11.4 Å². The van der Waals surface area contributed by atoms with Crippen LogP contribution < -0.4 is 0 Å². The Balaban J connectivity index is 2.07. The van der Waals surface area contributed by atoms with Gasteiger partial charge in [0, 0.05) is 9.99 Å². The fourth-order valence-electron chi connectivity index (χ4n) is 1.57. The number of nitrogens with zero attached hydrogens (tertiary/aromatic N) is 4. The highest BCUT2D eigenvalue weighted by atomic mass is 127. The Hall–Kier alpha value is -1.02. The van der Waals surface area contributed by atoms with Crippen LogP contribution in [-0.2, 0) is 4.43 Å². The molecule has 0 unspecified atom stereocenters. The van der Waals surface area contributed by atoms with Crippen LogP contribution in [0.3, 0.4) is 0 Å². The summed E-state index contributed by atoms with van der Waals surface area (Å²) in [5, 5.41) is 13.5. The van der Waals surface area contributed by atoms with Gasteiger partial charge in [0.1, 0.15) is 5.01 Å². The van der Waals surface area contributed by atoms with Gasteiger partial charge in [0.2, 0.25) is 4.96 Å². The van der Waals surface area contributed by atoms with Crippen molar-refractivity contribution in [2.75, 3.05) is 0 Å². The molecule has 0 fully saturated rings. The minimum Gasteiger partial charge on any atom is -0.187 e. The quantitative estimate of drug-likeness (QED) is 0.524. The summed E-state index contributed by atoms with van der Waals surface area (Å²) in [7, 11) is 0. The highest BCUT2D eigenvalue weighted by Crippen LogP contribution is 2.25. The van der Waals surface area contributed by atoms with Gasteiger partial charge in [-0.05, 0) is 12.5 Å². The van der Waals surface area contributed by atoms with Gasteiger partial charge in [-0.2, -0.15) is 9.61 Å². The summed E-state index contributed by atoms with van der Waals surface area (Å²) < 4.78 is 2.81. The molecule has 2 aromatic heterocycles. The van der Waals surface area contributed by atoms with Crippen molar-refractivity contribution < 1.29 is 0 Å². The lowest BCUT2D eigenvalue weighted by atomic mass is 10.2. The molecule has 4 nitrogen and oxygen atoms in total. The molecule has 0 aliphatic heterocycles. The maximum atomic E-state index is 4.51. The topological polar surface area (TPSA) is 43.1 Å². The maximum Gasteiger partial charge on any atom is 0.234 e. The molecule has 0 aliphatic rings. The molecule has 0 saturated carbocycles. The third kappa shape index (κ3) is 1.95. The first-order valence-electron chi connectivity index (χ1n) is 5.12. The molecule has 0 radical (unpaired) electrons. The van der Waals surface area contributed by atoms with Gasteiger partial charge in [0.25, 0.3) is 0 Å². The smallest absolute Gasteiger partial charge is 0.187 e. The van der Waals surface area contributed by atoms with Crippen LogP contribution in [0.25, 0.3) is 15.5 Å². The summed E-state index contributed by atoms with van der Waals surface area (Å²) in [5.41, 5.74) is 2.46. The molecule has 0 atom stereocenters. The Morgan fingerprint density at radius 2 is 2.00 bits per heavy atom. The molecule has 0 spiro atoms. The summed E-state index contributed by atoms with van der Waals surface area (Å²) in [6, 6.07) is 8.48. The Kier molecular flexibility index (Phi) is 2.83. The van der Waals surface area contributed by atoms with Crippen molar-refractivity contribution >= 4 is 38.9 Å². The third-order valence-electron chi connectivity index (χ3n) is 2.50. The number of rotatable bonds is 2. The summed E-state index contributed by atoms with van der Waals surface area (Å²) in [6.45, 7) is 1.91. The minimum atomic E-state index is 0.825. The third-order valence-corrected chi connectivity index (χ3v) is 4.33. The molecule has 3 aromatic rings. The Morgan fingerprint density at radius 3 is 2.65 bits per heavy atom. The first-order valence-corrected chi connectivity index (χ1v) is 7.46. The molecule has 0 aliphatic carbocycles. The first kappa shape index (κ1) is 11.1. The van der Waals surface area contributed by atoms with E-state index in [4.69, 9.17) is 0 Å². The van der Waals surface area contributed by atoms with Gasteiger partial charge < -0.3 is 0 Å². The van der Waals surface area contributed by atoms with Crippen LogP contribution >= 0.6 is 33.9 Å². The maximum absolute atomic E-state index is 4.51. The van der Waals surface area contributed by atoms with Gasteiger partial charge in [-0.25, -0.2) is 0 Å². The largest absolute Gasteiger partial charge is 0.234 e. The van der Waals surface area contributed by atoms with Crippen LogP contribution in [0.5, 0.6) is 0 Å². The summed E-state index contributed by atoms with van der Waals surface area (Å²) in [4.78, 5) is 0.843. The van der Waals surface area contributed by atoms with Crippen molar-refractivity contribution in [3.63, 3.8) is 0 Å². The van der Waals surface area contributed by atoms with Crippen molar-refractivity contribution in [3.05, 3.63) is 35.7 Å². The van der Waals surface area contributed by atoms with Crippen LogP contribution in [0.4, 0.5) is 0 Å². The van der Waals surface area contributed by atoms with Crippen LogP contribution in [0, 0.1) is 6.92 Å². The van der Waals surface area contributed by atoms with Crippen molar-refractivity contribution in [1.82, 2.24) is 19.8 Å².